The Morgan fingerprint density at radius 1 is 1.50 bits per heavy atom. The third-order valence-corrected chi connectivity index (χ3v) is 2.46. The van der Waals surface area contributed by atoms with Crippen molar-refractivity contribution in [3.63, 3.8) is 0 Å². The van der Waals surface area contributed by atoms with Crippen LogP contribution in [0.3, 0.4) is 0 Å². The number of rotatable bonds is 8. The Balaban J connectivity index is 2.26. The molecule has 0 aromatic carbocycles. The topological polar surface area (TPSA) is 60.2 Å². The van der Waals surface area contributed by atoms with Gasteiger partial charge in [-0.3, -0.25) is 16.3 Å². The van der Waals surface area contributed by atoms with Crippen LogP contribution < -0.4 is 11.3 Å². The van der Waals surface area contributed by atoms with Crippen LogP contribution in [0.1, 0.15) is 25.5 Å². The van der Waals surface area contributed by atoms with Gasteiger partial charge in [0.1, 0.15) is 0 Å². The molecule has 0 aliphatic heterocycles. The van der Waals surface area contributed by atoms with Crippen LogP contribution in [-0.4, -0.2) is 24.2 Å². The number of ether oxygens (including phenoxy) is 1. The first kappa shape index (κ1) is 13.1. The molecule has 1 atom stereocenters. The number of hydrogen-bond acceptors (Lipinski definition) is 4. The van der Waals surface area contributed by atoms with Crippen LogP contribution in [0.15, 0.2) is 24.4 Å². The molecule has 1 unspecified atom stereocenters. The monoisotopic (exact) mass is 223 g/mol. The van der Waals surface area contributed by atoms with E-state index in [1.54, 1.807) is 0 Å². The molecule has 4 nitrogen and oxygen atoms in total. The molecule has 1 aromatic heterocycles. The molecule has 0 radical (unpaired) electrons. The first-order chi connectivity index (χ1) is 7.86. The van der Waals surface area contributed by atoms with Gasteiger partial charge in [-0.15, -0.1) is 0 Å². The summed E-state index contributed by atoms with van der Waals surface area (Å²) in [4.78, 5) is 4.28. The molecule has 0 fully saturated rings. The van der Waals surface area contributed by atoms with Crippen LogP contribution in [0, 0.1) is 0 Å². The van der Waals surface area contributed by atoms with Crippen LogP contribution in [0.4, 0.5) is 0 Å². The van der Waals surface area contributed by atoms with Gasteiger partial charge in [0.2, 0.25) is 0 Å². The summed E-state index contributed by atoms with van der Waals surface area (Å²) in [6, 6.07) is 6.21. The van der Waals surface area contributed by atoms with Crippen molar-refractivity contribution < 1.29 is 4.74 Å². The lowest BCUT2D eigenvalue weighted by Gasteiger charge is -2.15. The molecular formula is C12H21N3O. The van der Waals surface area contributed by atoms with Gasteiger partial charge in [0.25, 0.3) is 0 Å². The highest BCUT2D eigenvalue weighted by molar-refractivity contribution is 5.05. The van der Waals surface area contributed by atoms with E-state index < -0.39 is 0 Å². The average Bonchev–Trinajstić information content (AvgIpc) is 2.34. The van der Waals surface area contributed by atoms with E-state index >= 15 is 0 Å². The van der Waals surface area contributed by atoms with Gasteiger partial charge in [-0.05, 0) is 31.9 Å². The average molecular weight is 223 g/mol. The molecular weight excluding hydrogens is 202 g/mol. The summed E-state index contributed by atoms with van der Waals surface area (Å²) in [5.74, 6) is 5.52. The zero-order valence-electron chi connectivity index (χ0n) is 9.86. The van der Waals surface area contributed by atoms with Crippen LogP contribution in [0.5, 0.6) is 0 Å². The Labute approximate surface area is 97.2 Å². The van der Waals surface area contributed by atoms with E-state index in [9.17, 15) is 0 Å². The van der Waals surface area contributed by atoms with Gasteiger partial charge in [-0.25, -0.2) is 0 Å². The molecule has 0 spiro atoms. The van der Waals surface area contributed by atoms with E-state index in [-0.39, 0.29) is 6.04 Å². The summed E-state index contributed by atoms with van der Waals surface area (Å²) < 4.78 is 5.29. The lowest BCUT2D eigenvalue weighted by atomic mass is 10.1. The van der Waals surface area contributed by atoms with Gasteiger partial charge in [0, 0.05) is 37.6 Å². The van der Waals surface area contributed by atoms with Crippen LogP contribution >= 0.6 is 0 Å². The summed E-state index contributed by atoms with van der Waals surface area (Å²) >= 11 is 0. The lowest BCUT2D eigenvalue weighted by molar-refractivity contribution is 0.140. The maximum absolute atomic E-state index is 5.52. The van der Waals surface area contributed by atoms with E-state index in [1.165, 1.54) is 0 Å². The number of hydrazine groups is 1. The van der Waals surface area contributed by atoms with Crippen molar-refractivity contribution in [2.75, 3.05) is 13.2 Å². The normalized spacial score (nSPS) is 12.6. The fourth-order valence-corrected chi connectivity index (χ4v) is 1.59. The van der Waals surface area contributed by atoms with Gasteiger partial charge >= 0.3 is 0 Å². The van der Waals surface area contributed by atoms with Crippen molar-refractivity contribution in [1.82, 2.24) is 10.4 Å². The number of aromatic nitrogens is 1. The summed E-state index contributed by atoms with van der Waals surface area (Å²) in [5, 5.41) is 0. The predicted molar refractivity (Wildman–Crippen MR) is 64.8 cm³/mol. The highest BCUT2D eigenvalue weighted by Gasteiger charge is 2.07. The summed E-state index contributed by atoms with van der Waals surface area (Å²) in [6.07, 6.45) is 4.70. The lowest BCUT2D eigenvalue weighted by Crippen LogP contribution is -2.37. The second-order valence-corrected chi connectivity index (χ2v) is 3.73. The smallest absolute Gasteiger partial charge is 0.0466 e. The summed E-state index contributed by atoms with van der Waals surface area (Å²) in [6.45, 7) is 3.59. The number of nitrogens with zero attached hydrogens (tertiary/aromatic N) is 1. The van der Waals surface area contributed by atoms with Gasteiger partial charge < -0.3 is 4.74 Å². The van der Waals surface area contributed by atoms with E-state index in [0.29, 0.717) is 0 Å². The number of hydrogen-bond donors (Lipinski definition) is 2. The molecule has 1 heterocycles. The van der Waals surface area contributed by atoms with Gasteiger partial charge in [0.05, 0.1) is 0 Å². The van der Waals surface area contributed by atoms with Crippen molar-refractivity contribution in [1.29, 1.82) is 0 Å². The molecule has 3 N–H and O–H groups in total. The Hall–Kier alpha value is -0.970. The van der Waals surface area contributed by atoms with Crippen molar-refractivity contribution >= 4 is 0 Å². The Bertz CT molecular complexity index is 266. The van der Waals surface area contributed by atoms with E-state index in [2.05, 4.69) is 10.4 Å². The number of nitrogens with two attached hydrogens (primary N) is 1. The van der Waals surface area contributed by atoms with Gasteiger partial charge in [-0.2, -0.15) is 0 Å². The quantitative estimate of drug-likeness (QED) is 0.396. The van der Waals surface area contributed by atoms with Crippen LogP contribution in [0.2, 0.25) is 0 Å². The number of nitrogens with one attached hydrogen (secondary N) is 1. The molecule has 0 bridgehead atoms. The third kappa shape index (κ3) is 5.21. The SMILES string of the molecule is CCOCCCC(Cc1ccccn1)NN. The highest BCUT2D eigenvalue weighted by Crippen LogP contribution is 2.04. The summed E-state index contributed by atoms with van der Waals surface area (Å²) in [7, 11) is 0. The standard InChI is InChI=1S/C12H21N3O/c1-2-16-9-5-7-12(15-13)10-11-6-3-4-8-14-11/h3-4,6,8,12,15H,2,5,7,9-10,13H2,1H3. The van der Waals surface area contributed by atoms with E-state index in [1.807, 2.05) is 31.3 Å². The fraction of sp³-hybridized carbons (Fsp3) is 0.583. The Kier molecular flexibility index (Phi) is 6.72. The van der Waals surface area contributed by atoms with Gasteiger partial charge in [0.15, 0.2) is 0 Å². The molecule has 0 aliphatic rings. The summed E-state index contributed by atoms with van der Waals surface area (Å²) in [5.41, 5.74) is 3.90. The Morgan fingerprint density at radius 3 is 3.00 bits per heavy atom. The van der Waals surface area contributed by atoms with Crippen molar-refractivity contribution in [3.8, 4) is 0 Å². The van der Waals surface area contributed by atoms with Gasteiger partial charge in [-0.1, -0.05) is 6.07 Å². The minimum Gasteiger partial charge on any atom is -0.382 e. The van der Waals surface area contributed by atoms with E-state index in [0.717, 1.165) is 38.2 Å². The molecule has 0 aliphatic carbocycles. The molecule has 0 amide bonds. The minimum atomic E-state index is 0.273. The van der Waals surface area contributed by atoms with Crippen molar-refractivity contribution in [2.45, 2.75) is 32.2 Å². The number of pyridine rings is 1. The molecule has 90 valence electrons. The zero-order chi connectivity index (χ0) is 11.6. The van der Waals surface area contributed by atoms with Crippen molar-refractivity contribution in [3.05, 3.63) is 30.1 Å². The predicted octanol–water partition coefficient (Wildman–Crippen LogP) is 1.27. The highest BCUT2D eigenvalue weighted by atomic mass is 16.5. The first-order valence-electron chi connectivity index (χ1n) is 5.80. The minimum absolute atomic E-state index is 0.273. The van der Waals surface area contributed by atoms with Crippen molar-refractivity contribution in [2.24, 2.45) is 5.84 Å². The van der Waals surface area contributed by atoms with E-state index in [4.69, 9.17) is 10.6 Å². The fourth-order valence-electron chi connectivity index (χ4n) is 1.59. The first-order valence-corrected chi connectivity index (χ1v) is 5.80. The molecule has 1 rings (SSSR count). The van der Waals surface area contributed by atoms with Crippen LogP contribution in [0.25, 0.3) is 0 Å². The zero-order valence-corrected chi connectivity index (χ0v) is 9.86. The second-order valence-electron chi connectivity index (χ2n) is 3.73. The largest absolute Gasteiger partial charge is 0.382 e. The third-order valence-electron chi connectivity index (χ3n) is 2.46. The molecule has 4 heteroatoms. The Morgan fingerprint density at radius 2 is 2.38 bits per heavy atom. The molecule has 16 heavy (non-hydrogen) atoms. The maximum atomic E-state index is 5.52. The van der Waals surface area contributed by atoms with Crippen LogP contribution in [-0.2, 0) is 11.2 Å². The maximum Gasteiger partial charge on any atom is 0.0466 e. The molecule has 0 saturated carbocycles. The second kappa shape index (κ2) is 8.21. The molecule has 0 saturated heterocycles. The molecule has 1 aromatic rings.